The van der Waals surface area contributed by atoms with Crippen LogP contribution in [0.25, 0.3) is 0 Å². The normalized spacial score (nSPS) is 9.17. The van der Waals surface area contributed by atoms with Crippen LogP contribution in [0.3, 0.4) is 0 Å². The van der Waals surface area contributed by atoms with Gasteiger partial charge in [0, 0.05) is 0 Å². The molecule has 0 spiro atoms. The predicted molar refractivity (Wildman–Crippen MR) is 40.2 cm³/mol. The fourth-order valence-electron chi connectivity index (χ4n) is 0.630. The molecule has 0 fully saturated rings. The summed E-state index contributed by atoms with van der Waals surface area (Å²) in [4.78, 5) is 18.4. The van der Waals surface area contributed by atoms with E-state index >= 15 is 0 Å². The number of nitrogens with two attached hydrogens (primary N) is 1. The predicted octanol–water partition coefficient (Wildman–Crippen LogP) is -0.911. The Balaban J connectivity index is 2.93. The second kappa shape index (κ2) is 3.63. The van der Waals surface area contributed by atoms with Gasteiger partial charge >= 0.3 is 0 Å². The van der Waals surface area contributed by atoms with Gasteiger partial charge in [-0.3, -0.25) is 15.2 Å². The maximum Gasteiger partial charge on any atom is 0.285 e. The van der Waals surface area contributed by atoms with Crippen molar-refractivity contribution >= 4 is 5.91 Å². The molecule has 0 saturated heterocycles. The zero-order valence-corrected chi connectivity index (χ0v) is 6.44. The highest BCUT2D eigenvalue weighted by molar-refractivity contribution is 5.91. The number of carbonyl (C=O) groups is 1. The molecular weight excluding hydrogens is 160 g/mol. The third-order valence-electron chi connectivity index (χ3n) is 1.19. The van der Waals surface area contributed by atoms with Crippen molar-refractivity contribution in [1.82, 2.24) is 15.4 Å². The van der Waals surface area contributed by atoms with E-state index in [4.69, 9.17) is 10.6 Å². The minimum atomic E-state index is -0.499. The van der Waals surface area contributed by atoms with Crippen LogP contribution in [0.4, 0.5) is 0 Å². The first-order chi connectivity index (χ1) is 5.77. The van der Waals surface area contributed by atoms with Gasteiger partial charge in [0.25, 0.3) is 5.91 Å². The molecule has 3 N–H and O–H groups in total. The van der Waals surface area contributed by atoms with Gasteiger partial charge in [0.2, 0.25) is 5.88 Å². The Morgan fingerprint density at radius 3 is 3.00 bits per heavy atom. The van der Waals surface area contributed by atoms with Crippen molar-refractivity contribution in [2.75, 3.05) is 7.11 Å². The second-order valence-corrected chi connectivity index (χ2v) is 1.92. The highest BCUT2D eigenvalue weighted by atomic mass is 16.5. The fourth-order valence-corrected chi connectivity index (χ4v) is 0.630. The number of rotatable bonds is 2. The van der Waals surface area contributed by atoms with Gasteiger partial charge in [-0.15, -0.1) is 0 Å². The smallest absolute Gasteiger partial charge is 0.285 e. The fraction of sp³-hybridized carbons (Fsp3) is 0.167. The summed E-state index contributed by atoms with van der Waals surface area (Å²) in [5.41, 5.74) is 2.06. The highest BCUT2D eigenvalue weighted by Gasteiger charge is 2.05. The minimum absolute atomic E-state index is 0.122. The van der Waals surface area contributed by atoms with Crippen LogP contribution in [0, 0.1) is 0 Å². The van der Waals surface area contributed by atoms with E-state index in [2.05, 4.69) is 9.97 Å². The molecule has 0 unspecified atom stereocenters. The summed E-state index contributed by atoms with van der Waals surface area (Å²) in [6, 6.07) is 0. The number of hydrogen-bond acceptors (Lipinski definition) is 5. The molecule has 64 valence electrons. The lowest BCUT2D eigenvalue weighted by molar-refractivity contribution is 0.0947. The number of ether oxygens (including phenoxy) is 1. The Bertz CT molecular complexity index is 289. The van der Waals surface area contributed by atoms with Gasteiger partial charge in [-0.1, -0.05) is 0 Å². The number of nitrogen functional groups attached to an aromatic ring is 1. The quantitative estimate of drug-likeness (QED) is 0.339. The van der Waals surface area contributed by atoms with Crippen molar-refractivity contribution in [2.45, 2.75) is 0 Å². The summed E-state index contributed by atoms with van der Waals surface area (Å²) in [7, 11) is 1.44. The number of methoxy groups -OCH3 is 1. The molecule has 1 amide bonds. The zero-order chi connectivity index (χ0) is 8.97. The van der Waals surface area contributed by atoms with Crippen LogP contribution in [-0.2, 0) is 0 Å². The number of amides is 1. The maximum absolute atomic E-state index is 10.9. The molecule has 0 atom stereocenters. The molecule has 0 aliphatic heterocycles. The third-order valence-corrected chi connectivity index (χ3v) is 1.19. The van der Waals surface area contributed by atoms with Crippen molar-refractivity contribution < 1.29 is 9.53 Å². The summed E-state index contributed by atoms with van der Waals surface area (Å²) in [6.07, 6.45) is 2.69. The molecule has 0 saturated carbocycles. The average molecular weight is 168 g/mol. The van der Waals surface area contributed by atoms with Gasteiger partial charge in [-0.05, 0) is 0 Å². The number of nitrogens with zero attached hydrogens (tertiary/aromatic N) is 2. The maximum atomic E-state index is 10.9. The third kappa shape index (κ3) is 1.67. The topological polar surface area (TPSA) is 90.1 Å². The van der Waals surface area contributed by atoms with E-state index < -0.39 is 5.91 Å². The monoisotopic (exact) mass is 168 g/mol. The van der Waals surface area contributed by atoms with Crippen molar-refractivity contribution in [3.8, 4) is 5.88 Å². The zero-order valence-electron chi connectivity index (χ0n) is 6.44. The molecule has 1 aromatic rings. The number of carbonyl (C=O) groups excluding carboxylic acids is 1. The summed E-state index contributed by atoms with van der Waals surface area (Å²) in [6.45, 7) is 0. The molecule has 1 heterocycles. The van der Waals surface area contributed by atoms with E-state index in [-0.39, 0.29) is 11.6 Å². The minimum Gasteiger partial charge on any atom is -0.480 e. The van der Waals surface area contributed by atoms with Gasteiger partial charge in [-0.25, -0.2) is 10.8 Å². The lowest BCUT2D eigenvalue weighted by atomic mass is 10.4. The second-order valence-electron chi connectivity index (χ2n) is 1.92. The summed E-state index contributed by atoms with van der Waals surface area (Å²) in [5.74, 6) is 4.66. The molecule has 0 radical (unpaired) electrons. The first-order valence-electron chi connectivity index (χ1n) is 3.15. The standard InChI is InChI=1S/C6H8N4O2/c1-12-5-3-8-2-4(9-5)6(11)10-7/h2-3H,7H2,1H3,(H,10,11). The molecule has 0 aliphatic carbocycles. The lowest BCUT2D eigenvalue weighted by Gasteiger charge is -2.00. The van der Waals surface area contributed by atoms with E-state index in [0.29, 0.717) is 0 Å². The SMILES string of the molecule is COc1cncc(C(=O)NN)n1. The van der Waals surface area contributed by atoms with Crippen LogP contribution in [0.1, 0.15) is 10.5 Å². The molecule has 0 aromatic carbocycles. The summed E-state index contributed by atoms with van der Waals surface area (Å²) >= 11 is 0. The first-order valence-corrected chi connectivity index (χ1v) is 3.15. The summed E-state index contributed by atoms with van der Waals surface area (Å²) < 4.78 is 4.76. The van der Waals surface area contributed by atoms with E-state index in [9.17, 15) is 4.79 Å². The van der Waals surface area contributed by atoms with E-state index in [1.807, 2.05) is 5.43 Å². The number of hydrogen-bond donors (Lipinski definition) is 2. The van der Waals surface area contributed by atoms with Crippen molar-refractivity contribution in [1.29, 1.82) is 0 Å². The van der Waals surface area contributed by atoms with Gasteiger partial charge < -0.3 is 4.74 Å². The van der Waals surface area contributed by atoms with Crippen LogP contribution < -0.4 is 16.0 Å². The van der Waals surface area contributed by atoms with Crippen LogP contribution in [-0.4, -0.2) is 23.0 Å². The molecule has 1 aromatic heterocycles. The molecule has 0 aliphatic rings. The average Bonchev–Trinajstić information content (AvgIpc) is 2.17. The van der Waals surface area contributed by atoms with Gasteiger partial charge in [-0.2, -0.15) is 0 Å². The number of aromatic nitrogens is 2. The van der Waals surface area contributed by atoms with Gasteiger partial charge in [0.15, 0.2) is 5.69 Å². The van der Waals surface area contributed by atoms with Crippen LogP contribution in [0.5, 0.6) is 5.88 Å². The van der Waals surface area contributed by atoms with Crippen molar-refractivity contribution in [3.63, 3.8) is 0 Å². The molecular formula is C6H8N4O2. The number of hydrazine groups is 1. The van der Waals surface area contributed by atoms with Crippen molar-refractivity contribution in [2.24, 2.45) is 5.84 Å². The van der Waals surface area contributed by atoms with Gasteiger partial charge in [0.05, 0.1) is 19.5 Å². The van der Waals surface area contributed by atoms with Crippen LogP contribution in [0.2, 0.25) is 0 Å². The Morgan fingerprint density at radius 2 is 2.42 bits per heavy atom. The van der Waals surface area contributed by atoms with E-state index in [1.165, 1.54) is 19.5 Å². The molecule has 1 rings (SSSR count). The Morgan fingerprint density at radius 1 is 1.67 bits per heavy atom. The van der Waals surface area contributed by atoms with Crippen molar-refractivity contribution in [3.05, 3.63) is 18.1 Å². The summed E-state index contributed by atoms with van der Waals surface area (Å²) in [5, 5.41) is 0. The highest BCUT2D eigenvalue weighted by Crippen LogP contribution is 2.02. The van der Waals surface area contributed by atoms with Gasteiger partial charge in [0.1, 0.15) is 0 Å². The molecule has 6 nitrogen and oxygen atoms in total. The first kappa shape index (κ1) is 8.41. The largest absolute Gasteiger partial charge is 0.480 e. The van der Waals surface area contributed by atoms with Crippen LogP contribution in [0.15, 0.2) is 12.4 Å². The molecule has 12 heavy (non-hydrogen) atoms. The molecule has 0 bridgehead atoms. The Kier molecular flexibility index (Phi) is 2.54. The van der Waals surface area contributed by atoms with Crippen LogP contribution >= 0.6 is 0 Å². The number of nitrogens with one attached hydrogen (secondary N) is 1. The van der Waals surface area contributed by atoms with E-state index in [0.717, 1.165) is 0 Å². The Labute approximate surface area is 68.7 Å². The lowest BCUT2D eigenvalue weighted by Crippen LogP contribution is -2.30. The van der Waals surface area contributed by atoms with E-state index in [1.54, 1.807) is 0 Å². The Hall–Kier alpha value is -1.69. The molecule has 6 heteroatoms.